The molecule has 1 aliphatic heterocycles. The molecule has 0 aromatic heterocycles. The van der Waals surface area contributed by atoms with E-state index in [9.17, 15) is 4.79 Å². The Bertz CT molecular complexity index is 452. The number of para-hydroxylation sites is 1. The number of benzene rings is 1. The second kappa shape index (κ2) is 10.7. The van der Waals surface area contributed by atoms with Crippen molar-refractivity contribution in [1.82, 2.24) is 9.80 Å². The lowest BCUT2D eigenvalue weighted by Crippen LogP contribution is -2.49. The normalized spacial score (nSPS) is 14.9. The fraction of sp³-hybridized carbons (Fsp3) is 0.533. The monoisotopic (exact) mass is 349 g/mol. The molecule has 0 spiro atoms. The molecule has 0 aliphatic carbocycles. The summed E-state index contributed by atoms with van der Waals surface area (Å²) in [7, 11) is 0. The Morgan fingerprint density at radius 2 is 1.82 bits per heavy atom. The molecule has 0 unspecified atom stereocenters. The van der Waals surface area contributed by atoms with E-state index in [0.717, 1.165) is 45.9 Å². The van der Waals surface area contributed by atoms with E-state index in [2.05, 4.69) is 4.90 Å². The van der Waals surface area contributed by atoms with Gasteiger partial charge < -0.3 is 15.4 Å². The van der Waals surface area contributed by atoms with E-state index < -0.39 is 0 Å². The molecule has 1 heterocycles. The van der Waals surface area contributed by atoms with Gasteiger partial charge in [0.1, 0.15) is 0 Å². The first kappa shape index (κ1) is 21.0. The molecular weight excluding hydrogens is 325 g/mol. The van der Waals surface area contributed by atoms with Crippen molar-refractivity contribution in [2.24, 2.45) is 0 Å². The van der Waals surface area contributed by atoms with Crippen LogP contribution in [-0.4, -0.2) is 61.6 Å². The highest BCUT2D eigenvalue weighted by atomic mass is 35.5. The molecule has 7 heteroatoms. The van der Waals surface area contributed by atoms with Gasteiger partial charge in [0, 0.05) is 45.0 Å². The molecule has 1 fully saturated rings. The Kier molecular flexibility index (Phi) is 10.2. The summed E-state index contributed by atoms with van der Waals surface area (Å²) in [6.45, 7) is 7.74. The van der Waals surface area contributed by atoms with E-state index in [1.165, 1.54) is 0 Å². The van der Waals surface area contributed by atoms with Gasteiger partial charge in [0.05, 0.1) is 12.2 Å². The van der Waals surface area contributed by atoms with Crippen LogP contribution in [0.15, 0.2) is 24.3 Å². The first-order valence-electron chi connectivity index (χ1n) is 7.16. The zero-order valence-corrected chi connectivity index (χ0v) is 14.5. The lowest BCUT2D eigenvalue weighted by Gasteiger charge is -2.34. The summed E-state index contributed by atoms with van der Waals surface area (Å²) in [6.07, 6.45) is 0. The summed E-state index contributed by atoms with van der Waals surface area (Å²) < 4.78 is 5.36. The third-order valence-corrected chi connectivity index (χ3v) is 3.61. The number of rotatable bonds is 5. The Morgan fingerprint density at radius 1 is 1.18 bits per heavy atom. The molecular formula is C15H25Cl2N3O2. The average Bonchev–Trinajstić information content (AvgIpc) is 2.48. The summed E-state index contributed by atoms with van der Waals surface area (Å²) in [5.74, 6) is 0.0348. The molecule has 0 atom stereocenters. The number of piperazine rings is 1. The maximum Gasteiger partial charge on any atom is 0.256 e. The van der Waals surface area contributed by atoms with Gasteiger partial charge in [-0.25, -0.2) is 0 Å². The number of nitrogens with two attached hydrogens (primary N) is 1. The van der Waals surface area contributed by atoms with Crippen molar-refractivity contribution in [3.63, 3.8) is 0 Å². The van der Waals surface area contributed by atoms with Crippen molar-refractivity contribution in [3.05, 3.63) is 29.8 Å². The Hall–Kier alpha value is -1.01. The average molecular weight is 350 g/mol. The molecule has 1 aromatic rings. The minimum atomic E-state index is 0. The van der Waals surface area contributed by atoms with Crippen molar-refractivity contribution in [1.29, 1.82) is 0 Å². The molecule has 5 nitrogen and oxygen atoms in total. The fourth-order valence-corrected chi connectivity index (χ4v) is 2.37. The van der Waals surface area contributed by atoms with E-state index in [1.54, 1.807) is 12.1 Å². The third-order valence-electron chi connectivity index (χ3n) is 3.61. The maximum atomic E-state index is 12.4. The topological polar surface area (TPSA) is 58.8 Å². The Balaban J connectivity index is 0.00000220. The molecule has 2 N–H and O–H groups in total. The molecule has 0 bridgehead atoms. The highest BCUT2D eigenvalue weighted by Gasteiger charge is 2.22. The molecule has 0 saturated carbocycles. The molecule has 1 aromatic carbocycles. The quantitative estimate of drug-likeness (QED) is 0.651. The van der Waals surface area contributed by atoms with Crippen LogP contribution in [0.1, 0.15) is 17.3 Å². The van der Waals surface area contributed by atoms with Crippen LogP contribution in [0.5, 0.6) is 0 Å². The number of halogens is 2. The first-order chi connectivity index (χ1) is 9.72. The van der Waals surface area contributed by atoms with Gasteiger partial charge in [-0.15, -0.1) is 24.8 Å². The van der Waals surface area contributed by atoms with Crippen LogP contribution >= 0.6 is 24.8 Å². The summed E-state index contributed by atoms with van der Waals surface area (Å²) >= 11 is 0. The van der Waals surface area contributed by atoms with Gasteiger partial charge >= 0.3 is 0 Å². The zero-order valence-electron chi connectivity index (χ0n) is 12.9. The molecule has 1 aliphatic rings. The van der Waals surface area contributed by atoms with E-state index >= 15 is 0 Å². The van der Waals surface area contributed by atoms with Gasteiger partial charge in [-0.1, -0.05) is 12.1 Å². The standard InChI is InChI=1S/C15H23N3O2.2ClH/c1-2-20-12-11-17-7-9-18(10-8-17)15(19)13-5-3-4-6-14(13)16;;/h3-6H,2,7-12,16H2,1H3;2*1H. The molecule has 126 valence electrons. The molecule has 0 radical (unpaired) electrons. The van der Waals surface area contributed by atoms with Gasteiger partial charge in [-0.3, -0.25) is 9.69 Å². The molecule has 22 heavy (non-hydrogen) atoms. The van der Waals surface area contributed by atoms with E-state index in [1.807, 2.05) is 24.0 Å². The second-order valence-corrected chi connectivity index (χ2v) is 4.92. The van der Waals surface area contributed by atoms with Crippen LogP contribution in [0.3, 0.4) is 0 Å². The van der Waals surface area contributed by atoms with Crippen LogP contribution in [-0.2, 0) is 4.74 Å². The van der Waals surface area contributed by atoms with Crippen molar-refractivity contribution in [2.75, 3.05) is 51.7 Å². The Labute approximate surface area is 144 Å². The van der Waals surface area contributed by atoms with Crippen LogP contribution in [0, 0.1) is 0 Å². The molecule has 1 amide bonds. The summed E-state index contributed by atoms with van der Waals surface area (Å²) in [5.41, 5.74) is 7.02. The lowest BCUT2D eigenvalue weighted by atomic mass is 10.1. The fourth-order valence-electron chi connectivity index (χ4n) is 2.37. The minimum Gasteiger partial charge on any atom is -0.398 e. The third kappa shape index (κ3) is 5.65. The zero-order chi connectivity index (χ0) is 14.4. The number of amides is 1. The van der Waals surface area contributed by atoms with Gasteiger partial charge in [0.2, 0.25) is 0 Å². The van der Waals surface area contributed by atoms with Crippen molar-refractivity contribution < 1.29 is 9.53 Å². The minimum absolute atomic E-state index is 0. The maximum absolute atomic E-state index is 12.4. The number of ether oxygens (including phenoxy) is 1. The Morgan fingerprint density at radius 3 is 2.41 bits per heavy atom. The number of carbonyl (C=O) groups excluding carboxylic acids is 1. The molecule has 1 saturated heterocycles. The van der Waals surface area contributed by atoms with Gasteiger partial charge in [0.15, 0.2) is 0 Å². The highest BCUT2D eigenvalue weighted by molar-refractivity contribution is 5.99. The number of carbonyl (C=O) groups is 1. The summed E-state index contributed by atoms with van der Waals surface area (Å²) in [4.78, 5) is 16.6. The summed E-state index contributed by atoms with van der Waals surface area (Å²) in [5, 5.41) is 0. The number of hydrogen-bond acceptors (Lipinski definition) is 4. The first-order valence-corrected chi connectivity index (χ1v) is 7.16. The summed E-state index contributed by atoms with van der Waals surface area (Å²) in [6, 6.07) is 7.25. The number of anilines is 1. The number of nitrogen functional groups attached to an aromatic ring is 1. The van der Waals surface area contributed by atoms with Crippen LogP contribution in [0.4, 0.5) is 5.69 Å². The van der Waals surface area contributed by atoms with Gasteiger partial charge in [0.25, 0.3) is 5.91 Å². The smallest absolute Gasteiger partial charge is 0.256 e. The SMILES string of the molecule is CCOCCN1CCN(C(=O)c2ccccc2N)CC1.Cl.Cl. The number of nitrogens with zero attached hydrogens (tertiary/aromatic N) is 2. The van der Waals surface area contributed by atoms with E-state index in [-0.39, 0.29) is 30.7 Å². The van der Waals surface area contributed by atoms with Gasteiger partial charge in [-0.2, -0.15) is 0 Å². The van der Waals surface area contributed by atoms with Crippen LogP contribution in [0.2, 0.25) is 0 Å². The molecule has 2 rings (SSSR count). The van der Waals surface area contributed by atoms with Crippen LogP contribution < -0.4 is 5.73 Å². The van der Waals surface area contributed by atoms with Crippen LogP contribution in [0.25, 0.3) is 0 Å². The predicted octanol–water partition coefficient (Wildman–Crippen LogP) is 1.91. The van der Waals surface area contributed by atoms with Gasteiger partial charge in [-0.05, 0) is 19.1 Å². The number of hydrogen-bond donors (Lipinski definition) is 1. The second-order valence-electron chi connectivity index (χ2n) is 4.92. The lowest BCUT2D eigenvalue weighted by molar-refractivity contribution is 0.0566. The van der Waals surface area contributed by atoms with E-state index in [4.69, 9.17) is 10.5 Å². The largest absolute Gasteiger partial charge is 0.398 e. The highest BCUT2D eigenvalue weighted by Crippen LogP contribution is 2.14. The van der Waals surface area contributed by atoms with Crippen molar-refractivity contribution >= 4 is 36.4 Å². The predicted molar refractivity (Wildman–Crippen MR) is 94.2 cm³/mol. The van der Waals surface area contributed by atoms with E-state index in [0.29, 0.717) is 11.3 Å². The van der Waals surface area contributed by atoms with Crippen molar-refractivity contribution in [2.45, 2.75) is 6.92 Å². The van der Waals surface area contributed by atoms with Crippen molar-refractivity contribution in [3.8, 4) is 0 Å².